The van der Waals surface area contributed by atoms with E-state index in [1.165, 1.54) is 14.2 Å². The van der Waals surface area contributed by atoms with Crippen molar-refractivity contribution in [2.45, 2.75) is 0 Å². The highest BCUT2D eigenvalue weighted by atomic mass is 127. The maximum absolute atomic E-state index is 12.4. The van der Waals surface area contributed by atoms with Gasteiger partial charge in [-0.05, 0) is 40.8 Å². The third-order valence-corrected chi connectivity index (χ3v) is 4.37. The van der Waals surface area contributed by atoms with Gasteiger partial charge in [0.2, 0.25) is 0 Å². The summed E-state index contributed by atoms with van der Waals surface area (Å²) in [7, 11) is 3.00. The zero-order chi connectivity index (χ0) is 16.3. The minimum Gasteiger partial charge on any atom is -0.495 e. The molecule has 1 N–H and O–H groups in total. The van der Waals surface area contributed by atoms with Crippen molar-refractivity contribution in [1.29, 1.82) is 0 Å². The standard InChI is InChI=1S/C15H12Cl2INO3/c1-21-13-7-12(14(22-2)6-10(13)17)19-15(20)9-5-8(16)3-4-11(9)18/h3-7H,1-2H3,(H,19,20). The summed E-state index contributed by atoms with van der Waals surface area (Å²) >= 11 is 14.1. The Kier molecular flexibility index (Phi) is 5.77. The highest BCUT2D eigenvalue weighted by Gasteiger charge is 2.15. The number of rotatable bonds is 4. The number of amides is 1. The Morgan fingerprint density at radius 1 is 1.09 bits per heavy atom. The largest absolute Gasteiger partial charge is 0.495 e. The van der Waals surface area contributed by atoms with Gasteiger partial charge in [-0.1, -0.05) is 23.2 Å². The van der Waals surface area contributed by atoms with Crippen molar-refractivity contribution in [2.75, 3.05) is 19.5 Å². The number of nitrogens with one attached hydrogen (secondary N) is 1. The van der Waals surface area contributed by atoms with Crippen molar-refractivity contribution in [2.24, 2.45) is 0 Å². The Labute approximate surface area is 151 Å². The summed E-state index contributed by atoms with van der Waals surface area (Å²) in [6, 6.07) is 8.30. The molecular weight excluding hydrogens is 440 g/mol. The van der Waals surface area contributed by atoms with Crippen molar-refractivity contribution >= 4 is 57.4 Å². The molecule has 0 spiro atoms. The van der Waals surface area contributed by atoms with Gasteiger partial charge in [0.25, 0.3) is 5.91 Å². The zero-order valence-electron chi connectivity index (χ0n) is 11.7. The van der Waals surface area contributed by atoms with Gasteiger partial charge >= 0.3 is 0 Å². The first kappa shape index (κ1) is 17.2. The number of hydrogen-bond donors (Lipinski definition) is 1. The summed E-state index contributed by atoms with van der Waals surface area (Å²) in [5, 5.41) is 3.67. The van der Waals surface area contributed by atoms with Crippen LogP contribution in [-0.2, 0) is 0 Å². The molecule has 0 aromatic heterocycles. The van der Waals surface area contributed by atoms with Crippen LogP contribution in [0.25, 0.3) is 0 Å². The van der Waals surface area contributed by atoms with Gasteiger partial charge in [-0.15, -0.1) is 0 Å². The molecule has 2 rings (SSSR count). The first-order valence-corrected chi connectivity index (χ1v) is 7.97. The maximum atomic E-state index is 12.4. The molecule has 2 aromatic carbocycles. The van der Waals surface area contributed by atoms with E-state index in [2.05, 4.69) is 27.9 Å². The van der Waals surface area contributed by atoms with Crippen molar-refractivity contribution in [3.8, 4) is 11.5 Å². The van der Waals surface area contributed by atoms with Crippen LogP contribution in [0.3, 0.4) is 0 Å². The van der Waals surface area contributed by atoms with Crippen LogP contribution in [0.5, 0.6) is 11.5 Å². The molecule has 0 saturated carbocycles. The molecule has 1 amide bonds. The molecule has 116 valence electrons. The quantitative estimate of drug-likeness (QED) is 0.674. The lowest BCUT2D eigenvalue weighted by atomic mass is 10.2. The van der Waals surface area contributed by atoms with Crippen LogP contribution in [0, 0.1) is 3.57 Å². The number of benzene rings is 2. The smallest absolute Gasteiger partial charge is 0.256 e. The van der Waals surface area contributed by atoms with Gasteiger partial charge in [0, 0.05) is 20.7 Å². The van der Waals surface area contributed by atoms with E-state index in [0.717, 1.165) is 3.57 Å². The monoisotopic (exact) mass is 451 g/mol. The Morgan fingerprint density at radius 2 is 1.77 bits per heavy atom. The van der Waals surface area contributed by atoms with Gasteiger partial charge in [-0.2, -0.15) is 0 Å². The molecule has 4 nitrogen and oxygen atoms in total. The van der Waals surface area contributed by atoms with Crippen molar-refractivity contribution < 1.29 is 14.3 Å². The van der Waals surface area contributed by atoms with E-state index < -0.39 is 0 Å². The van der Waals surface area contributed by atoms with Crippen LogP contribution >= 0.6 is 45.8 Å². The fourth-order valence-corrected chi connectivity index (χ4v) is 2.80. The molecule has 7 heteroatoms. The summed E-state index contributed by atoms with van der Waals surface area (Å²) in [5.74, 6) is 0.587. The number of anilines is 1. The molecule has 0 aliphatic heterocycles. The van der Waals surface area contributed by atoms with Crippen LogP contribution < -0.4 is 14.8 Å². The molecule has 0 aliphatic carbocycles. The maximum Gasteiger partial charge on any atom is 0.256 e. The van der Waals surface area contributed by atoms with E-state index in [0.29, 0.717) is 32.8 Å². The van der Waals surface area contributed by atoms with Crippen molar-refractivity contribution in [1.82, 2.24) is 0 Å². The average Bonchev–Trinajstić information content (AvgIpc) is 2.50. The zero-order valence-corrected chi connectivity index (χ0v) is 15.4. The molecule has 0 aliphatic rings. The number of hydrogen-bond acceptors (Lipinski definition) is 3. The number of carbonyl (C=O) groups excluding carboxylic acids is 1. The van der Waals surface area contributed by atoms with Crippen molar-refractivity contribution in [3.63, 3.8) is 0 Å². The number of halogens is 3. The predicted molar refractivity (Wildman–Crippen MR) is 96.7 cm³/mol. The molecule has 0 radical (unpaired) electrons. The van der Waals surface area contributed by atoms with E-state index in [-0.39, 0.29) is 5.91 Å². The number of ether oxygens (including phenoxy) is 2. The summed E-state index contributed by atoms with van der Waals surface area (Å²) < 4.78 is 11.2. The van der Waals surface area contributed by atoms with Gasteiger partial charge in [0.15, 0.2) is 0 Å². The lowest BCUT2D eigenvalue weighted by Crippen LogP contribution is -2.14. The Balaban J connectivity index is 2.37. The third kappa shape index (κ3) is 3.77. The minimum atomic E-state index is -0.297. The van der Waals surface area contributed by atoms with Crippen LogP contribution in [0.2, 0.25) is 10.0 Å². The van der Waals surface area contributed by atoms with E-state index in [9.17, 15) is 4.79 Å². The molecule has 22 heavy (non-hydrogen) atoms. The lowest BCUT2D eigenvalue weighted by Gasteiger charge is -2.13. The Bertz CT molecular complexity index is 722. The molecule has 0 fully saturated rings. The molecule has 0 bridgehead atoms. The van der Waals surface area contributed by atoms with Crippen LogP contribution in [0.1, 0.15) is 10.4 Å². The molecule has 0 heterocycles. The van der Waals surface area contributed by atoms with Crippen molar-refractivity contribution in [3.05, 3.63) is 49.5 Å². The van der Waals surface area contributed by atoms with Crippen LogP contribution in [0.4, 0.5) is 5.69 Å². The predicted octanol–water partition coefficient (Wildman–Crippen LogP) is 4.87. The molecule has 0 atom stereocenters. The third-order valence-electron chi connectivity index (χ3n) is 2.90. The second-order valence-corrected chi connectivity index (χ2v) is 6.27. The van der Waals surface area contributed by atoms with E-state index in [1.54, 1.807) is 30.3 Å². The first-order valence-electron chi connectivity index (χ1n) is 6.14. The minimum absolute atomic E-state index is 0.297. The number of methoxy groups -OCH3 is 2. The topological polar surface area (TPSA) is 47.6 Å². The molecule has 2 aromatic rings. The molecular formula is C15H12Cl2INO3. The van der Waals surface area contributed by atoms with Gasteiger partial charge in [0.05, 0.1) is 30.5 Å². The van der Waals surface area contributed by atoms with Crippen LogP contribution in [0.15, 0.2) is 30.3 Å². The Morgan fingerprint density at radius 3 is 2.41 bits per heavy atom. The fraction of sp³-hybridized carbons (Fsp3) is 0.133. The molecule has 0 saturated heterocycles. The van der Waals surface area contributed by atoms with Gasteiger partial charge in [-0.25, -0.2) is 0 Å². The summed E-state index contributed by atoms with van der Waals surface area (Å²) in [6.45, 7) is 0. The summed E-state index contributed by atoms with van der Waals surface area (Å²) in [6.07, 6.45) is 0. The summed E-state index contributed by atoms with van der Waals surface area (Å²) in [5.41, 5.74) is 0.939. The highest BCUT2D eigenvalue weighted by molar-refractivity contribution is 14.1. The van der Waals surface area contributed by atoms with Gasteiger partial charge < -0.3 is 14.8 Å². The second kappa shape index (κ2) is 7.39. The van der Waals surface area contributed by atoms with E-state index in [4.69, 9.17) is 32.7 Å². The van der Waals surface area contributed by atoms with Crippen LogP contribution in [-0.4, -0.2) is 20.1 Å². The molecule has 0 unspecified atom stereocenters. The van der Waals surface area contributed by atoms with Gasteiger partial charge in [-0.3, -0.25) is 4.79 Å². The van der Waals surface area contributed by atoms with Gasteiger partial charge in [0.1, 0.15) is 11.5 Å². The normalized spacial score (nSPS) is 10.2. The van der Waals surface area contributed by atoms with E-state index in [1.807, 2.05) is 0 Å². The van der Waals surface area contributed by atoms with E-state index >= 15 is 0 Å². The average molecular weight is 452 g/mol. The first-order chi connectivity index (χ1) is 10.5. The Hall–Kier alpha value is -1.18. The fourth-order valence-electron chi connectivity index (χ4n) is 1.82. The highest BCUT2D eigenvalue weighted by Crippen LogP contribution is 2.36. The lowest BCUT2D eigenvalue weighted by molar-refractivity contribution is 0.102. The summed E-state index contributed by atoms with van der Waals surface area (Å²) in [4.78, 5) is 12.4. The second-order valence-electron chi connectivity index (χ2n) is 4.27. The number of carbonyl (C=O) groups is 1. The SMILES string of the molecule is COc1cc(NC(=O)c2cc(Cl)ccc2I)c(OC)cc1Cl.